The van der Waals surface area contributed by atoms with Gasteiger partial charge in [0.1, 0.15) is 5.82 Å². The summed E-state index contributed by atoms with van der Waals surface area (Å²) in [7, 11) is 0. The lowest BCUT2D eigenvalue weighted by Crippen LogP contribution is -2.01. The van der Waals surface area contributed by atoms with Crippen molar-refractivity contribution in [3.8, 4) is 0 Å². The molecule has 88 valence electrons. The Hall–Kier alpha value is -0.0400. The van der Waals surface area contributed by atoms with Crippen LogP contribution in [0.25, 0.3) is 0 Å². The lowest BCUT2D eigenvalue weighted by Gasteiger charge is -2.01. The molecule has 0 bridgehead atoms. The first kappa shape index (κ1) is 13.4. The monoisotopic (exact) mass is 440 g/mol. The van der Waals surface area contributed by atoms with Gasteiger partial charge in [-0.15, -0.1) is 11.3 Å². The molecule has 1 heterocycles. The highest BCUT2D eigenvalue weighted by Gasteiger charge is 2.16. The van der Waals surface area contributed by atoms with Gasteiger partial charge in [-0.05, 0) is 56.1 Å². The molecule has 0 atom stereocenters. The number of halogens is 4. The van der Waals surface area contributed by atoms with Gasteiger partial charge in [0.25, 0.3) is 0 Å². The summed E-state index contributed by atoms with van der Waals surface area (Å²) in [6.45, 7) is 0. The third-order valence-corrected chi connectivity index (χ3v) is 4.82. The SMILES string of the molecule is O=C(c1cc(F)cc(Br)c1)c1cc(Br)sc1Br. The van der Waals surface area contributed by atoms with Gasteiger partial charge in [0.2, 0.25) is 0 Å². The second-order valence-corrected chi connectivity index (χ2v) is 7.89. The molecule has 0 aliphatic carbocycles. The summed E-state index contributed by atoms with van der Waals surface area (Å²) in [5, 5.41) is 0. The van der Waals surface area contributed by atoms with Crippen molar-refractivity contribution in [2.75, 3.05) is 0 Å². The maximum atomic E-state index is 13.2. The van der Waals surface area contributed by atoms with Crippen molar-refractivity contribution in [3.05, 3.63) is 53.3 Å². The van der Waals surface area contributed by atoms with Crippen molar-refractivity contribution in [3.63, 3.8) is 0 Å². The molecule has 0 aliphatic rings. The molecular formula is C11H4Br3FOS. The lowest BCUT2D eigenvalue weighted by molar-refractivity contribution is 0.103. The molecule has 0 radical (unpaired) electrons. The second-order valence-electron chi connectivity index (χ2n) is 3.23. The third-order valence-electron chi connectivity index (χ3n) is 2.03. The predicted octanol–water partition coefficient (Wildman–Crippen LogP) is 5.41. The fraction of sp³-hybridized carbons (Fsp3) is 0. The van der Waals surface area contributed by atoms with Gasteiger partial charge in [0.15, 0.2) is 5.78 Å². The normalized spacial score (nSPS) is 10.6. The minimum Gasteiger partial charge on any atom is -0.289 e. The van der Waals surface area contributed by atoms with E-state index in [1.54, 1.807) is 12.1 Å². The first-order valence-corrected chi connectivity index (χ1v) is 7.62. The predicted molar refractivity (Wildman–Crippen MR) is 77.3 cm³/mol. The summed E-state index contributed by atoms with van der Waals surface area (Å²) in [6, 6.07) is 5.86. The Morgan fingerprint density at radius 1 is 1.12 bits per heavy atom. The van der Waals surface area contributed by atoms with Crippen LogP contribution in [0.5, 0.6) is 0 Å². The summed E-state index contributed by atoms with van der Waals surface area (Å²) in [5.41, 5.74) is 0.849. The number of carbonyl (C=O) groups is 1. The number of ketones is 1. The molecule has 0 spiro atoms. The molecule has 0 unspecified atom stereocenters. The van der Waals surface area contributed by atoms with E-state index in [0.29, 0.717) is 15.6 Å². The Morgan fingerprint density at radius 2 is 1.82 bits per heavy atom. The Morgan fingerprint density at radius 3 is 2.35 bits per heavy atom. The Labute approximate surface area is 126 Å². The van der Waals surface area contributed by atoms with Crippen molar-refractivity contribution in [1.29, 1.82) is 0 Å². The van der Waals surface area contributed by atoms with E-state index in [1.807, 2.05) is 0 Å². The largest absolute Gasteiger partial charge is 0.289 e. The van der Waals surface area contributed by atoms with Crippen LogP contribution in [0.4, 0.5) is 4.39 Å². The Balaban J connectivity index is 2.47. The number of thiophene rings is 1. The van der Waals surface area contributed by atoms with Crippen LogP contribution in [0.1, 0.15) is 15.9 Å². The summed E-state index contributed by atoms with van der Waals surface area (Å²) >= 11 is 11.2. The van der Waals surface area contributed by atoms with Crippen LogP contribution in [-0.4, -0.2) is 5.78 Å². The third kappa shape index (κ3) is 3.05. The quantitative estimate of drug-likeness (QED) is 0.569. The zero-order valence-corrected chi connectivity index (χ0v) is 13.7. The first-order chi connectivity index (χ1) is 7.97. The number of hydrogen-bond acceptors (Lipinski definition) is 2. The molecule has 1 nitrogen and oxygen atoms in total. The smallest absolute Gasteiger partial charge is 0.195 e. The number of rotatable bonds is 2. The zero-order valence-electron chi connectivity index (χ0n) is 8.14. The van der Waals surface area contributed by atoms with Crippen molar-refractivity contribution >= 4 is 64.9 Å². The number of carbonyl (C=O) groups excluding carboxylic acids is 1. The van der Waals surface area contributed by atoms with E-state index in [2.05, 4.69) is 47.8 Å². The Kier molecular flexibility index (Phi) is 4.18. The van der Waals surface area contributed by atoms with E-state index in [9.17, 15) is 9.18 Å². The average molecular weight is 443 g/mol. The van der Waals surface area contributed by atoms with Gasteiger partial charge in [-0.1, -0.05) is 15.9 Å². The van der Waals surface area contributed by atoms with Crippen molar-refractivity contribution in [1.82, 2.24) is 0 Å². The van der Waals surface area contributed by atoms with Gasteiger partial charge in [0.05, 0.1) is 7.57 Å². The van der Waals surface area contributed by atoms with Gasteiger partial charge in [0, 0.05) is 15.6 Å². The fourth-order valence-corrected chi connectivity index (χ4v) is 4.59. The summed E-state index contributed by atoms with van der Waals surface area (Å²) < 4.78 is 15.3. The molecule has 0 amide bonds. The van der Waals surface area contributed by atoms with Crippen LogP contribution in [-0.2, 0) is 0 Å². The molecule has 0 saturated carbocycles. The van der Waals surface area contributed by atoms with Crippen molar-refractivity contribution in [2.24, 2.45) is 0 Å². The van der Waals surface area contributed by atoms with Gasteiger partial charge >= 0.3 is 0 Å². The van der Waals surface area contributed by atoms with Gasteiger partial charge in [-0.3, -0.25) is 4.79 Å². The molecule has 2 rings (SSSR count). The van der Waals surface area contributed by atoms with Crippen molar-refractivity contribution < 1.29 is 9.18 Å². The highest BCUT2D eigenvalue weighted by molar-refractivity contribution is 9.12. The van der Waals surface area contributed by atoms with Crippen LogP contribution in [0.3, 0.4) is 0 Å². The molecule has 1 aromatic carbocycles. The van der Waals surface area contributed by atoms with Crippen LogP contribution >= 0.6 is 59.1 Å². The van der Waals surface area contributed by atoms with Crippen LogP contribution in [0.2, 0.25) is 0 Å². The van der Waals surface area contributed by atoms with Crippen LogP contribution in [0, 0.1) is 5.82 Å². The minimum atomic E-state index is -0.437. The molecule has 1 aromatic heterocycles. The van der Waals surface area contributed by atoms with Gasteiger partial charge in [-0.2, -0.15) is 0 Å². The highest BCUT2D eigenvalue weighted by Crippen LogP contribution is 2.33. The van der Waals surface area contributed by atoms with Gasteiger partial charge in [-0.25, -0.2) is 4.39 Å². The maximum Gasteiger partial charge on any atom is 0.195 e. The fourth-order valence-electron chi connectivity index (χ4n) is 1.34. The maximum absolute atomic E-state index is 13.2. The molecule has 0 fully saturated rings. The summed E-state index contributed by atoms with van der Waals surface area (Å²) in [4.78, 5) is 12.2. The van der Waals surface area contributed by atoms with Gasteiger partial charge < -0.3 is 0 Å². The van der Waals surface area contributed by atoms with E-state index in [0.717, 1.165) is 7.57 Å². The van der Waals surface area contributed by atoms with Crippen LogP contribution < -0.4 is 0 Å². The highest BCUT2D eigenvalue weighted by atomic mass is 79.9. The summed E-state index contributed by atoms with van der Waals surface area (Å²) in [6.07, 6.45) is 0. The lowest BCUT2D eigenvalue weighted by atomic mass is 10.1. The van der Waals surface area contributed by atoms with E-state index < -0.39 is 5.82 Å². The van der Waals surface area contributed by atoms with Crippen molar-refractivity contribution in [2.45, 2.75) is 0 Å². The second kappa shape index (κ2) is 5.30. The Bertz CT molecular complexity index is 574. The van der Waals surface area contributed by atoms with E-state index >= 15 is 0 Å². The molecule has 17 heavy (non-hydrogen) atoms. The molecule has 0 saturated heterocycles. The summed E-state index contributed by atoms with van der Waals surface area (Å²) in [5.74, 6) is -0.646. The molecular weight excluding hydrogens is 439 g/mol. The average Bonchev–Trinajstić information content (AvgIpc) is 2.55. The molecule has 6 heteroatoms. The van der Waals surface area contributed by atoms with E-state index in [-0.39, 0.29) is 5.78 Å². The van der Waals surface area contributed by atoms with Crippen LogP contribution in [0.15, 0.2) is 36.3 Å². The molecule has 2 aromatic rings. The minimum absolute atomic E-state index is 0.209. The van der Waals surface area contributed by atoms with E-state index in [4.69, 9.17) is 0 Å². The molecule has 0 aliphatic heterocycles. The standard InChI is InChI=1S/C11H4Br3FOS/c12-6-1-5(2-7(15)3-6)10(16)8-4-9(13)17-11(8)14/h1-4H. The number of hydrogen-bond donors (Lipinski definition) is 0. The van der Waals surface area contributed by atoms with E-state index in [1.165, 1.54) is 23.5 Å². The zero-order chi connectivity index (χ0) is 12.6. The topological polar surface area (TPSA) is 17.1 Å². The molecule has 0 N–H and O–H groups in total. The number of benzene rings is 1. The first-order valence-electron chi connectivity index (χ1n) is 4.43.